The van der Waals surface area contributed by atoms with E-state index in [0.717, 1.165) is 38.5 Å². The Morgan fingerprint density at radius 3 is 0.629 bits per heavy atom. The number of carbonyl (C=O) groups is 2. The third-order valence-corrected chi connectivity index (χ3v) is 22.2. The molecule has 0 aliphatic rings. The van der Waals surface area contributed by atoms with E-state index in [-0.39, 0.29) is 18.5 Å². The quantitative estimate of drug-likeness (QED) is 0.0417. The van der Waals surface area contributed by atoms with Crippen LogP contribution in [-0.4, -0.2) is 47.4 Å². The zero-order chi connectivity index (χ0) is 69.8. The molecule has 0 saturated heterocycles. The predicted molar refractivity (Wildman–Crippen MR) is 431 cm³/mol. The van der Waals surface area contributed by atoms with E-state index in [2.05, 4.69) is 19.2 Å². The van der Waals surface area contributed by atoms with Crippen LogP contribution in [0.25, 0.3) is 0 Å². The molecule has 0 rings (SSSR count). The van der Waals surface area contributed by atoms with Gasteiger partial charge in [-0.25, -0.2) is 0 Å². The molecule has 0 radical (unpaired) electrons. The molecule has 0 aliphatic heterocycles. The van der Waals surface area contributed by atoms with E-state index >= 15 is 0 Å². The average molecular weight is 1370 g/mol. The lowest BCUT2D eigenvalue weighted by Crippen LogP contribution is -2.45. The maximum atomic E-state index is 12.6. The molecule has 580 valence electrons. The minimum absolute atomic E-state index is 0.0219. The Balaban J connectivity index is 3.29. The second-order valence-corrected chi connectivity index (χ2v) is 32.0. The van der Waals surface area contributed by atoms with Gasteiger partial charge in [-0.05, 0) is 25.7 Å². The minimum Gasteiger partial charge on any atom is -0.466 e. The van der Waals surface area contributed by atoms with Crippen LogP contribution in [0.4, 0.5) is 0 Å². The molecular formula is C91H181NO5. The van der Waals surface area contributed by atoms with E-state index in [1.807, 2.05) is 0 Å². The van der Waals surface area contributed by atoms with Crippen LogP contribution in [0.2, 0.25) is 0 Å². The van der Waals surface area contributed by atoms with Crippen molar-refractivity contribution in [1.82, 2.24) is 5.32 Å². The Bertz CT molecular complexity index is 1440. The maximum Gasteiger partial charge on any atom is 0.305 e. The highest BCUT2D eigenvalue weighted by molar-refractivity contribution is 5.76. The fraction of sp³-hybridized carbons (Fsp3) is 0.978. The van der Waals surface area contributed by atoms with Gasteiger partial charge in [0.15, 0.2) is 0 Å². The van der Waals surface area contributed by atoms with Gasteiger partial charge >= 0.3 is 5.97 Å². The first kappa shape index (κ1) is 95.9. The Morgan fingerprint density at radius 1 is 0.247 bits per heavy atom. The van der Waals surface area contributed by atoms with E-state index < -0.39 is 12.1 Å². The normalized spacial score (nSPS) is 12.3. The Morgan fingerprint density at radius 2 is 0.423 bits per heavy atom. The van der Waals surface area contributed by atoms with Crippen molar-refractivity contribution in [2.24, 2.45) is 0 Å². The number of esters is 1. The minimum atomic E-state index is -0.661. The summed E-state index contributed by atoms with van der Waals surface area (Å²) in [5.41, 5.74) is 0. The highest BCUT2D eigenvalue weighted by Gasteiger charge is 2.20. The lowest BCUT2D eigenvalue weighted by molar-refractivity contribution is -0.143. The number of aliphatic hydroxyl groups excluding tert-OH is 2. The van der Waals surface area contributed by atoms with Crippen molar-refractivity contribution in [3.8, 4) is 0 Å². The van der Waals surface area contributed by atoms with Crippen molar-refractivity contribution in [1.29, 1.82) is 0 Å². The van der Waals surface area contributed by atoms with Crippen LogP contribution in [0.3, 0.4) is 0 Å². The summed E-state index contributed by atoms with van der Waals surface area (Å²) in [7, 11) is 0. The molecule has 0 bridgehead atoms. The van der Waals surface area contributed by atoms with Crippen molar-refractivity contribution in [2.45, 2.75) is 559 Å². The number of unbranched alkanes of at least 4 members (excludes halogenated alkanes) is 77. The lowest BCUT2D eigenvalue weighted by atomic mass is 10.0. The molecule has 0 heterocycles. The number of hydrogen-bond donors (Lipinski definition) is 3. The van der Waals surface area contributed by atoms with E-state index in [9.17, 15) is 19.8 Å². The maximum absolute atomic E-state index is 12.6. The molecule has 0 saturated carbocycles. The van der Waals surface area contributed by atoms with Crippen molar-refractivity contribution in [3.63, 3.8) is 0 Å². The van der Waals surface area contributed by atoms with Gasteiger partial charge in [-0.2, -0.15) is 0 Å². The predicted octanol–water partition coefficient (Wildman–Crippen LogP) is 30.8. The zero-order valence-corrected chi connectivity index (χ0v) is 66.9. The summed E-state index contributed by atoms with van der Waals surface area (Å²) in [6.45, 7) is 5.04. The van der Waals surface area contributed by atoms with Gasteiger partial charge in [-0.1, -0.05) is 508 Å². The molecular weight excluding hydrogens is 1190 g/mol. The van der Waals surface area contributed by atoms with Crippen molar-refractivity contribution < 1.29 is 24.5 Å². The van der Waals surface area contributed by atoms with E-state index in [4.69, 9.17) is 4.74 Å². The fourth-order valence-corrected chi connectivity index (χ4v) is 15.2. The number of nitrogens with one attached hydrogen (secondary N) is 1. The summed E-state index contributed by atoms with van der Waals surface area (Å²) < 4.78 is 5.53. The number of amides is 1. The summed E-state index contributed by atoms with van der Waals surface area (Å²) in [5, 5.41) is 23.5. The van der Waals surface area contributed by atoms with Crippen LogP contribution in [0.1, 0.15) is 547 Å². The monoisotopic (exact) mass is 1370 g/mol. The molecule has 0 aromatic rings. The van der Waals surface area contributed by atoms with Gasteiger partial charge in [0.25, 0.3) is 0 Å². The van der Waals surface area contributed by atoms with Gasteiger partial charge in [0.2, 0.25) is 5.91 Å². The Hall–Kier alpha value is -1.14. The van der Waals surface area contributed by atoms with Crippen LogP contribution >= 0.6 is 0 Å². The number of ether oxygens (including phenoxy) is 1. The van der Waals surface area contributed by atoms with Crippen LogP contribution in [0.15, 0.2) is 0 Å². The average Bonchev–Trinajstić information content (AvgIpc) is 2.23. The third-order valence-electron chi connectivity index (χ3n) is 22.2. The molecule has 0 aromatic heterocycles. The summed E-state index contributed by atoms with van der Waals surface area (Å²) >= 11 is 0. The molecule has 3 N–H and O–H groups in total. The summed E-state index contributed by atoms with van der Waals surface area (Å²) in [5.74, 6) is 0.00813. The van der Waals surface area contributed by atoms with Crippen molar-refractivity contribution in [2.75, 3.05) is 13.2 Å². The molecule has 97 heavy (non-hydrogen) atoms. The number of hydrogen-bond acceptors (Lipinski definition) is 5. The van der Waals surface area contributed by atoms with Crippen molar-refractivity contribution >= 4 is 11.9 Å². The Kier molecular flexibility index (Phi) is 86.2. The first-order valence-electron chi connectivity index (χ1n) is 45.8. The fourth-order valence-electron chi connectivity index (χ4n) is 15.2. The van der Waals surface area contributed by atoms with Gasteiger partial charge < -0.3 is 20.3 Å². The smallest absolute Gasteiger partial charge is 0.305 e. The van der Waals surface area contributed by atoms with E-state index in [0.29, 0.717) is 25.9 Å². The topological polar surface area (TPSA) is 95.9 Å². The number of rotatable bonds is 88. The van der Waals surface area contributed by atoms with Gasteiger partial charge in [0.1, 0.15) is 0 Å². The summed E-state index contributed by atoms with van der Waals surface area (Å²) in [6, 6.07) is -0.538. The molecule has 0 aliphatic carbocycles. The highest BCUT2D eigenvalue weighted by atomic mass is 16.5. The lowest BCUT2D eigenvalue weighted by Gasteiger charge is -2.22. The zero-order valence-electron chi connectivity index (χ0n) is 66.9. The first-order chi connectivity index (χ1) is 48.0. The largest absolute Gasteiger partial charge is 0.466 e. The van der Waals surface area contributed by atoms with Gasteiger partial charge in [0, 0.05) is 12.8 Å². The second-order valence-electron chi connectivity index (χ2n) is 32.0. The van der Waals surface area contributed by atoms with Crippen molar-refractivity contribution in [3.05, 3.63) is 0 Å². The molecule has 0 aromatic carbocycles. The molecule has 2 atom stereocenters. The number of carbonyl (C=O) groups excluding carboxylic acids is 2. The molecule has 0 spiro atoms. The van der Waals surface area contributed by atoms with E-state index in [1.54, 1.807) is 0 Å². The molecule has 6 nitrogen and oxygen atoms in total. The summed E-state index contributed by atoms with van der Waals surface area (Å²) in [6.07, 6.45) is 111. The van der Waals surface area contributed by atoms with Crippen LogP contribution < -0.4 is 5.32 Å². The van der Waals surface area contributed by atoms with Gasteiger partial charge in [-0.3, -0.25) is 9.59 Å². The van der Waals surface area contributed by atoms with Gasteiger partial charge in [-0.15, -0.1) is 0 Å². The molecule has 2 unspecified atom stereocenters. The molecule has 6 heteroatoms. The Labute approximate surface area is 610 Å². The summed E-state index contributed by atoms with van der Waals surface area (Å²) in [4.78, 5) is 24.7. The van der Waals surface area contributed by atoms with E-state index in [1.165, 1.54) is 475 Å². The molecule has 1 amide bonds. The SMILES string of the molecule is CCCCCCCCCCCCCCCCCCCCCCCCCCC(O)C(CO)NC(=O)CCCCCCCCCCCCCCCCCCCCCCCCCCCCCCCCCCCCCCCOC(=O)CCCCCCCCCCCCCCCCCCCCC. The van der Waals surface area contributed by atoms with Crippen LogP contribution in [-0.2, 0) is 14.3 Å². The first-order valence-corrected chi connectivity index (χ1v) is 45.8. The van der Waals surface area contributed by atoms with Crippen LogP contribution in [0.5, 0.6) is 0 Å². The second kappa shape index (κ2) is 87.3. The third kappa shape index (κ3) is 83.7. The van der Waals surface area contributed by atoms with Crippen LogP contribution in [0, 0.1) is 0 Å². The standard InChI is InChI=1S/C91H181NO5/c1-3-5-7-9-11-13-15-17-19-21-23-24-25-41-44-48-51-55-59-63-67-71-75-79-83-89(94)88(87-93)92-90(95)84-80-76-72-68-64-60-56-52-49-45-42-39-37-35-33-31-29-27-26-28-30-32-34-36-38-40-43-46-50-54-58-62-66-70-74-78-82-86-97-91(96)85-81-77-73-69-65-61-57-53-47-22-20-18-16-14-12-10-8-6-4-2/h88-89,93-94H,3-87H2,1-2H3,(H,92,95). The highest BCUT2D eigenvalue weighted by Crippen LogP contribution is 2.22. The molecule has 0 fully saturated rings. The van der Waals surface area contributed by atoms with Gasteiger partial charge in [0.05, 0.1) is 25.4 Å². The number of aliphatic hydroxyl groups is 2.